The zero-order valence-corrected chi connectivity index (χ0v) is 8.61. The minimum atomic E-state index is -0.571. The number of rotatable bonds is 3. The predicted octanol–water partition coefficient (Wildman–Crippen LogP) is 2.21. The molecule has 0 aliphatic rings. The highest BCUT2D eigenvalue weighted by molar-refractivity contribution is 6.17. The summed E-state index contributed by atoms with van der Waals surface area (Å²) < 4.78 is 4.91. The Bertz CT molecular complexity index is 440. The van der Waals surface area contributed by atoms with E-state index in [2.05, 4.69) is 0 Å². The van der Waals surface area contributed by atoms with Crippen LogP contribution in [0.15, 0.2) is 12.1 Å². The molecule has 1 rings (SSSR count). The van der Waals surface area contributed by atoms with Crippen molar-refractivity contribution in [2.75, 3.05) is 7.11 Å². The van der Waals surface area contributed by atoms with Crippen molar-refractivity contribution in [3.05, 3.63) is 33.4 Å². The quantitative estimate of drug-likeness (QED) is 0.450. The van der Waals surface area contributed by atoms with Crippen molar-refractivity contribution in [1.29, 1.82) is 5.26 Å². The molecule has 0 amide bonds. The van der Waals surface area contributed by atoms with Crippen LogP contribution >= 0.6 is 11.6 Å². The number of nitro benzene ring substituents is 1. The smallest absolute Gasteiger partial charge is 0.275 e. The van der Waals surface area contributed by atoms with E-state index in [1.54, 1.807) is 0 Å². The average Bonchev–Trinajstić information content (AvgIpc) is 2.26. The third kappa shape index (κ3) is 2.17. The van der Waals surface area contributed by atoms with E-state index >= 15 is 0 Å². The number of hydrogen-bond donors (Lipinski definition) is 0. The Kier molecular flexibility index (Phi) is 3.47. The second-order valence-corrected chi connectivity index (χ2v) is 2.95. The second kappa shape index (κ2) is 4.62. The molecule has 5 nitrogen and oxygen atoms in total. The van der Waals surface area contributed by atoms with Crippen molar-refractivity contribution in [3.8, 4) is 11.8 Å². The van der Waals surface area contributed by atoms with Crippen LogP contribution in [0, 0.1) is 21.4 Å². The third-order valence-electron chi connectivity index (χ3n) is 1.86. The molecule has 0 aliphatic heterocycles. The molecule has 0 saturated heterocycles. The monoisotopic (exact) mass is 226 g/mol. The van der Waals surface area contributed by atoms with Crippen molar-refractivity contribution < 1.29 is 9.66 Å². The number of nitrogens with zero attached hydrogens (tertiary/aromatic N) is 2. The van der Waals surface area contributed by atoms with E-state index in [1.165, 1.54) is 13.2 Å². The van der Waals surface area contributed by atoms with E-state index in [9.17, 15) is 10.1 Å². The molecule has 1 aromatic carbocycles. The van der Waals surface area contributed by atoms with Gasteiger partial charge in [-0.1, -0.05) is 0 Å². The lowest BCUT2D eigenvalue weighted by Gasteiger charge is -2.05. The van der Waals surface area contributed by atoms with E-state index in [4.69, 9.17) is 21.6 Å². The van der Waals surface area contributed by atoms with Crippen molar-refractivity contribution in [2.24, 2.45) is 0 Å². The van der Waals surface area contributed by atoms with E-state index in [1.807, 2.05) is 6.07 Å². The summed E-state index contributed by atoms with van der Waals surface area (Å²) >= 11 is 5.56. The summed E-state index contributed by atoms with van der Waals surface area (Å²) in [5.74, 6) is 0.289. The lowest BCUT2D eigenvalue weighted by atomic mass is 10.1. The Morgan fingerprint density at radius 2 is 2.33 bits per heavy atom. The van der Waals surface area contributed by atoms with E-state index in [0.717, 1.165) is 6.07 Å². The van der Waals surface area contributed by atoms with Crippen LogP contribution in [0.3, 0.4) is 0 Å². The van der Waals surface area contributed by atoms with Gasteiger partial charge in [0.05, 0.1) is 17.9 Å². The summed E-state index contributed by atoms with van der Waals surface area (Å²) in [5, 5.41) is 19.4. The fourth-order valence-electron chi connectivity index (χ4n) is 1.14. The standard InChI is InChI=1S/C9H7ClN2O3/c1-15-9-3-6(4-10)8(12(13)14)2-7(9)5-11/h2-3H,4H2,1H3. The number of methoxy groups -OCH3 is 1. The predicted molar refractivity (Wildman–Crippen MR) is 53.9 cm³/mol. The highest BCUT2D eigenvalue weighted by atomic mass is 35.5. The van der Waals surface area contributed by atoms with Gasteiger partial charge in [-0.25, -0.2) is 0 Å². The lowest BCUT2D eigenvalue weighted by molar-refractivity contribution is -0.385. The maximum absolute atomic E-state index is 10.6. The first-order valence-electron chi connectivity index (χ1n) is 3.95. The SMILES string of the molecule is COc1cc(CCl)c([N+](=O)[O-])cc1C#N. The van der Waals surface area contributed by atoms with Crippen LogP contribution in [0.1, 0.15) is 11.1 Å². The zero-order valence-electron chi connectivity index (χ0n) is 7.86. The first-order valence-corrected chi connectivity index (χ1v) is 4.48. The van der Waals surface area contributed by atoms with Gasteiger partial charge >= 0.3 is 0 Å². The Hall–Kier alpha value is -1.80. The summed E-state index contributed by atoms with van der Waals surface area (Å²) in [5.41, 5.74) is 0.290. The molecular formula is C9H7ClN2O3. The largest absolute Gasteiger partial charge is 0.495 e. The van der Waals surface area contributed by atoms with E-state index in [0.29, 0.717) is 11.3 Å². The highest BCUT2D eigenvalue weighted by Gasteiger charge is 2.17. The fourth-order valence-corrected chi connectivity index (χ4v) is 1.36. The van der Waals surface area contributed by atoms with Crippen molar-refractivity contribution in [2.45, 2.75) is 5.88 Å². The maximum atomic E-state index is 10.6. The first-order chi connectivity index (χ1) is 7.13. The molecule has 0 unspecified atom stereocenters. The topological polar surface area (TPSA) is 76.2 Å². The van der Waals surface area contributed by atoms with Gasteiger partial charge in [-0.3, -0.25) is 10.1 Å². The van der Waals surface area contributed by atoms with Crippen LogP contribution in [0.5, 0.6) is 5.75 Å². The number of benzene rings is 1. The summed E-state index contributed by atoms with van der Waals surface area (Å²) in [6.07, 6.45) is 0. The molecular weight excluding hydrogens is 220 g/mol. The van der Waals surface area contributed by atoms with Gasteiger partial charge in [0.15, 0.2) is 0 Å². The van der Waals surface area contributed by atoms with Gasteiger partial charge in [0.2, 0.25) is 0 Å². The van der Waals surface area contributed by atoms with Gasteiger partial charge in [0.25, 0.3) is 5.69 Å². The lowest BCUT2D eigenvalue weighted by Crippen LogP contribution is -1.97. The minimum absolute atomic E-state index is 0.00161. The average molecular weight is 227 g/mol. The van der Waals surface area contributed by atoms with Crippen LogP contribution in [0.2, 0.25) is 0 Å². The van der Waals surface area contributed by atoms with Crippen LogP contribution in [-0.2, 0) is 5.88 Å². The molecule has 0 radical (unpaired) electrons. The molecule has 0 bridgehead atoms. The Balaban J connectivity index is 3.42. The molecule has 0 fully saturated rings. The number of halogens is 1. The number of hydrogen-bond acceptors (Lipinski definition) is 4. The molecule has 0 aliphatic carbocycles. The molecule has 78 valence electrons. The Morgan fingerprint density at radius 1 is 1.67 bits per heavy atom. The van der Waals surface area contributed by atoms with Gasteiger partial charge in [0, 0.05) is 11.6 Å². The molecule has 15 heavy (non-hydrogen) atoms. The van der Waals surface area contributed by atoms with Crippen molar-refractivity contribution in [3.63, 3.8) is 0 Å². The normalized spacial score (nSPS) is 9.40. The van der Waals surface area contributed by atoms with Gasteiger partial charge < -0.3 is 4.74 Å². The molecule has 0 aromatic heterocycles. The van der Waals surface area contributed by atoms with E-state index in [-0.39, 0.29) is 17.1 Å². The Morgan fingerprint density at radius 3 is 2.73 bits per heavy atom. The molecule has 0 heterocycles. The Labute approximate surface area is 91.0 Å². The minimum Gasteiger partial charge on any atom is -0.495 e. The summed E-state index contributed by atoms with van der Waals surface area (Å²) in [7, 11) is 1.39. The van der Waals surface area contributed by atoms with Gasteiger partial charge in [-0.05, 0) is 6.07 Å². The number of nitriles is 1. The van der Waals surface area contributed by atoms with Gasteiger partial charge in [-0.15, -0.1) is 11.6 Å². The summed E-state index contributed by atoms with van der Waals surface area (Å²) in [4.78, 5) is 10.1. The van der Waals surface area contributed by atoms with Crippen molar-refractivity contribution in [1.82, 2.24) is 0 Å². The van der Waals surface area contributed by atoms with Crippen LogP contribution in [0.25, 0.3) is 0 Å². The molecule has 0 atom stereocenters. The molecule has 0 saturated carbocycles. The van der Waals surface area contributed by atoms with Crippen molar-refractivity contribution >= 4 is 17.3 Å². The molecule has 1 aromatic rings. The summed E-state index contributed by atoms with van der Waals surface area (Å²) in [6, 6.07) is 4.39. The third-order valence-corrected chi connectivity index (χ3v) is 2.15. The molecule has 0 N–H and O–H groups in total. The van der Waals surface area contributed by atoms with Crippen LogP contribution in [-0.4, -0.2) is 12.0 Å². The van der Waals surface area contributed by atoms with E-state index < -0.39 is 4.92 Å². The van der Waals surface area contributed by atoms with Gasteiger partial charge in [-0.2, -0.15) is 5.26 Å². The van der Waals surface area contributed by atoms with Crippen LogP contribution < -0.4 is 4.74 Å². The highest BCUT2D eigenvalue weighted by Crippen LogP contribution is 2.29. The maximum Gasteiger partial charge on any atom is 0.275 e. The molecule has 0 spiro atoms. The zero-order chi connectivity index (χ0) is 11.4. The fraction of sp³-hybridized carbons (Fsp3) is 0.222. The van der Waals surface area contributed by atoms with Crippen LogP contribution in [0.4, 0.5) is 5.69 Å². The first kappa shape index (κ1) is 11.3. The second-order valence-electron chi connectivity index (χ2n) is 2.68. The number of ether oxygens (including phenoxy) is 1. The summed E-state index contributed by atoms with van der Waals surface area (Å²) in [6.45, 7) is 0. The number of alkyl halides is 1. The molecule has 6 heteroatoms. The van der Waals surface area contributed by atoms with Gasteiger partial charge in [0.1, 0.15) is 17.4 Å². The number of nitro groups is 1.